The standard InChI is InChI=1S/C21H27ClN6O2/c1-23-19-16(22)11-24-21(26-19)25-17-7-6-14(10-18(17)30-2)20(29)28-12-15(13-28)27-8-4-3-5-9-27/h6-7,10-11,15H,3-5,8-9,12-13H2,1-2H3,(H2,23,24,25,26). The zero-order chi connectivity index (χ0) is 21.1. The van der Waals surface area contributed by atoms with Crippen LogP contribution in [0.2, 0.25) is 5.02 Å². The highest BCUT2D eigenvalue weighted by Gasteiger charge is 2.35. The Balaban J connectivity index is 1.42. The number of hydrogen-bond donors (Lipinski definition) is 2. The second-order valence-electron chi connectivity index (χ2n) is 7.64. The molecule has 0 atom stereocenters. The van der Waals surface area contributed by atoms with Gasteiger partial charge in [0, 0.05) is 31.7 Å². The minimum Gasteiger partial charge on any atom is -0.495 e. The molecule has 2 aromatic rings. The summed E-state index contributed by atoms with van der Waals surface area (Å²) < 4.78 is 5.50. The third-order valence-corrected chi connectivity index (χ3v) is 6.01. The summed E-state index contributed by atoms with van der Waals surface area (Å²) in [7, 11) is 3.32. The number of anilines is 3. The van der Waals surface area contributed by atoms with Crippen molar-refractivity contribution in [2.75, 3.05) is 51.0 Å². The Bertz CT molecular complexity index is 912. The number of methoxy groups -OCH3 is 1. The number of benzene rings is 1. The van der Waals surface area contributed by atoms with Crippen molar-refractivity contribution in [1.82, 2.24) is 19.8 Å². The molecule has 1 aromatic heterocycles. The van der Waals surface area contributed by atoms with Crippen LogP contribution in [0.15, 0.2) is 24.4 Å². The molecule has 30 heavy (non-hydrogen) atoms. The van der Waals surface area contributed by atoms with Crippen molar-refractivity contribution in [3.05, 3.63) is 35.0 Å². The zero-order valence-corrected chi connectivity index (χ0v) is 18.1. The quantitative estimate of drug-likeness (QED) is 0.727. The van der Waals surface area contributed by atoms with E-state index in [4.69, 9.17) is 16.3 Å². The topological polar surface area (TPSA) is 82.6 Å². The van der Waals surface area contributed by atoms with E-state index in [9.17, 15) is 4.79 Å². The van der Waals surface area contributed by atoms with Crippen LogP contribution in [0.5, 0.6) is 5.75 Å². The van der Waals surface area contributed by atoms with Gasteiger partial charge in [-0.15, -0.1) is 0 Å². The van der Waals surface area contributed by atoms with Crippen molar-refractivity contribution < 1.29 is 9.53 Å². The number of likely N-dealkylation sites (tertiary alicyclic amines) is 2. The van der Waals surface area contributed by atoms with Crippen molar-refractivity contribution in [2.45, 2.75) is 25.3 Å². The summed E-state index contributed by atoms with van der Waals surface area (Å²) in [5.74, 6) is 1.50. The number of amides is 1. The first-order valence-corrected chi connectivity index (χ1v) is 10.7. The highest BCUT2D eigenvalue weighted by atomic mass is 35.5. The van der Waals surface area contributed by atoms with Gasteiger partial charge in [-0.05, 0) is 44.1 Å². The predicted octanol–water partition coefficient (Wildman–Crippen LogP) is 3.23. The van der Waals surface area contributed by atoms with E-state index in [-0.39, 0.29) is 5.91 Å². The number of nitrogens with one attached hydrogen (secondary N) is 2. The van der Waals surface area contributed by atoms with E-state index in [0.29, 0.717) is 39.8 Å². The number of nitrogens with zero attached hydrogens (tertiary/aromatic N) is 4. The van der Waals surface area contributed by atoms with Gasteiger partial charge in [-0.1, -0.05) is 18.0 Å². The van der Waals surface area contributed by atoms with Crippen molar-refractivity contribution in [2.24, 2.45) is 0 Å². The highest BCUT2D eigenvalue weighted by molar-refractivity contribution is 6.32. The first kappa shape index (κ1) is 20.7. The molecule has 0 saturated carbocycles. The summed E-state index contributed by atoms with van der Waals surface area (Å²) in [5.41, 5.74) is 1.29. The molecular weight excluding hydrogens is 404 g/mol. The molecule has 2 fully saturated rings. The third kappa shape index (κ3) is 4.29. The van der Waals surface area contributed by atoms with Crippen molar-refractivity contribution >= 4 is 35.0 Å². The van der Waals surface area contributed by atoms with Gasteiger partial charge in [-0.3, -0.25) is 9.69 Å². The van der Waals surface area contributed by atoms with E-state index in [0.717, 1.165) is 26.2 Å². The van der Waals surface area contributed by atoms with Gasteiger partial charge in [0.1, 0.15) is 16.6 Å². The average molecular weight is 431 g/mol. The molecule has 0 bridgehead atoms. The molecule has 1 aromatic carbocycles. The van der Waals surface area contributed by atoms with Gasteiger partial charge in [0.2, 0.25) is 5.95 Å². The normalized spacial score (nSPS) is 17.4. The Morgan fingerprint density at radius 1 is 1.23 bits per heavy atom. The van der Waals surface area contributed by atoms with Gasteiger partial charge in [-0.25, -0.2) is 4.98 Å². The van der Waals surface area contributed by atoms with Gasteiger partial charge in [0.25, 0.3) is 5.91 Å². The number of halogens is 1. The molecule has 0 radical (unpaired) electrons. The highest BCUT2D eigenvalue weighted by Crippen LogP contribution is 2.30. The van der Waals surface area contributed by atoms with Crippen molar-refractivity contribution in [3.8, 4) is 5.75 Å². The van der Waals surface area contributed by atoms with E-state index < -0.39 is 0 Å². The van der Waals surface area contributed by atoms with E-state index in [2.05, 4.69) is 25.5 Å². The largest absolute Gasteiger partial charge is 0.495 e. The number of carbonyl (C=O) groups is 1. The molecular formula is C21H27ClN6O2. The fourth-order valence-corrected chi connectivity index (χ4v) is 4.15. The second kappa shape index (κ2) is 9.06. The fraction of sp³-hybridized carbons (Fsp3) is 0.476. The van der Waals surface area contributed by atoms with E-state index in [1.165, 1.54) is 25.5 Å². The molecule has 2 N–H and O–H groups in total. The van der Waals surface area contributed by atoms with E-state index >= 15 is 0 Å². The number of carbonyl (C=O) groups excluding carboxylic acids is 1. The van der Waals surface area contributed by atoms with Gasteiger partial charge in [-0.2, -0.15) is 4.98 Å². The summed E-state index contributed by atoms with van der Waals surface area (Å²) in [5, 5.41) is 6.48. The molecule has 2 aliphatic heterocycles. The molecule has 0 unspecified atom stereocenters. The molecule has 1 amide bonds. The van der Waals surface area contributed by atoms with Crippen molar-refractivity contribution in [3.63, 3.8) is 0 Å². The summed E-state index contributed by atoms with van der Waals surface area (Å²) in [4.78, 5) is 25.8. The Hall–Kier alpha value is -2.58. The fourth-order valence-electron chi connectivity index (χ4n) is 3.97. The summed E-state index contributed by atoms with van der Waals surface area (Å²) in [6.45, 7) is 3.91. The van der Waals surface area contributed by atoms with Gasteiger partial charge >= 0.3 is 0 Å². The molecule has 4 rings (SSSR count). The lowest BCUT2D eigenvalue weighted by molar-refractivity contribution is 0.0203. The van der Waals surface area contributed by atoms with E-state index in [1.54, 1.807) is 26.3 Å². The summed E-state index contributed by atoms with van der Waals surface area (Å²) in [6, 6.07) is 5.87. The van der Waals surface area contributed by atoms with Gasteiger partial charge < -0.3 is 20.3 Å². The van der Waals surface area contributed by atoms with Crippen LogP contribution in [0, 0.1) is 0 Å². The smallest absolute Gasteiger partial charge is 0.254 e. The molecule has 2 aliphatic rings. The Morgan fingerprint density at radius 2 is 2.00 bits per heavy atom. The number of ether oxygens (including phenoxy) is 1. The maximum Gasteiger partial charge on any atom is 0.254 e. The lowest BCUT2D eigenvalue weighted by atomic mass is 10.0. The van der Waals surface area contributed by atoms with Gasteiger partial charge in [0.15, 0.2) is 0 Å². The van der Waals surface area contributed by atoms with Crippen molar-refractivity contribution in [1.29, 1.82) is 0 Å². The first-order chi connectivity index (χ1) is 14.6. The van der Waals surface area contributed by atoms with Crippen LogP contribution in [-0.2, 0) is 0 Å². The summed E-state index contributed by atoms with van der Waals surface area (Å²) >= 11 is 6.04. The summed E-state index contributed by atoms with van der Waals surface area (Å²) in [6.07, 6.45) is 5.38. The Labute approximate surface area is 181 Å². The second-order valence-corrected chi connectivity index (χ2v) is 8.05. The maximum atomic E-state index is 12.9. The minimum absolute atomic E-state index is 0.0355. The molecule has 9 heteroatoms. The van der Waals surface area contributed by atoms with Gasteiger partial charge in [0.05, 0.1) is 19.0 Å². The lowest BCUT2D eigenvalue weighted by Gasteiger charge is -2.46. The molecule has 0 aliphatic carbocycles. The molecule has 8 nitrogen and oxygen atoms in total. The van der Waals surface area contributed by atoms with Crippen LogP contribution in [0.1, 0.15) is 29.6 Å². The predicted molar refractivity (Wildman–Crippen MR) is 118 cm³/mol. The number of rotatable bonds is 6. The monoisotopic (exact) mass is 430 g/mol. The molecule has 0 spiro atoms. The number of aromatic nitrogens is 2. The van der Waals surface area contributed by atoms with Crippen LogP contribution in [0.25, 0.3) is 0 Å². The van der Waals surface area contributed by atoms with E-state index in [1.807, 2.05) is 11.0 Å². The minimum atomic E-state index is 0.0355. The maximum absolute atomic E-state index is 12.9. The lowest BCUT2D eigenvalue weighted by Crippen LogP contribution is -2.61. The number of piperidine rings is 1. The first-order valence-electron chi connectivity index (χ1n) is 10.3. The Morgan fingerprint density at radius 3 is 2.70 bits per heavy atom. The average Bonchev–Trinajstić information content (AvgIpc) is 2.75. The van der Waals surface area contributed by atoms with Crippen LogP contribution >= 0.6 is 11.6 Å². The third-order valence-electron chi connectivity index (χ3n) is 5.73. The van der Waals surface area contributed by atoms with Crippen LogP contribution in [0.4, 0.5) is 17.5 Å². The van der Waals surface area contributed by atoms with Crippen LogP contribution in [-0.4, -0.2) is 72.1 Å². The molecule has 3 heterocycles. The van der Waals surface area contributed by atoms with Crippen LogP contribution in [0.3, 0.4) is 0 Å². The Kier molecular flexibility index (Phi) is 6.24. The molecule has 160 valence electrons. The molecule has 2 saturated heterocycles. The zero-order valence-electron chi connectivity index (χ0n) is 17.3. The SMILES string of the molecule is CNc1nc(Nc2ccc(C(=O)N3CC(N4CCCCC4)C3)cc2OC)ncc1Cl. The van der Waals surface area contributed by atoms with Crippen LogP contribution < -0.4 is 15.4 Å². The number of hydrogen-bond acceptors (Lipinski definition) is 7.